The molecule has 2 nitrogen and oxygen atoms in total. The molecule has 128 valence electrons. The van der Waals surface area contributed by atoms with E-state index in [1.165, 1.54) is 17.5 Å². The molecule has 0 bridgehead atoms. The van der Waals surface area contributed by atoms with Crippen LogP contribution in [-0.4, -0.2) is 17.8 Å². The topological polar surface area (TPSA) is 29.5 Å². The molecule has 0 saturated heterocycles. The van der Waals surface area contributed by atoms with Gasteiger partial charge in [-0.2, -0.15) is 0 Å². The average Bonchev–Trinajstić information content (AvgIpc) is 2.85. The van der Waals surface area contributed by atoms with Crippen molar-refractivity contribution in [2.24, 2.45) is 23.2 Å². The molecule has 0 aliphatic heterocycles. The smallest absolute Gasteiger partial charge is 0.130 e. The highest BCUT2D eigenvalue weighted by Gasteiger charge is 2.62. The number of methoxy groups -OCH3 is 1. The number of terminal acetylenes is 1. The van der Waals surface area contributed by atoms with Gasteiger partial charge in [-0.25, -0.2) is 0 Å². The van der Waals surface area contributed by atoms with Crippen molar-refractivity contribution >= 4 is 0 Å². The molecule has 0 amide bonds. The normalized spacial score (nSPS) is 43.3. The van der Waals surface area contributed by atoms with Crippen molar-refractivity contribution in [3.63, 3.8) is 0 Å². The van der Waals surface area contributed by atoms with Gasteiger partial charge < -0.3 is 9.84 Å². The van der Waals surface area contributed by atoms with Crippen LogP contribution in [0.4, 0.5) is 0 Å². The molecule has 0 aromatic heterocycles. The van der Waals surface area contributed by atoms with Crippen molar-refractivity contribution in [3.8, 4) is 18.1 Å². The van der Waals surface area contributed by atoms with E-state index in [1.807, 2.05) is 0 Å². The Morgan fingerprint density at radius 2 is 2.12 bits per heavy atom. The third-order valence-corrected chi connectivity index (χ3v) is 7.61. The summed E-state index contributed by atoms with van der Waals surface area (Å²) in [5.41, 5.74) is 1.91. The van der Waals surface area contributed by atoms with Crippen LogP contribution in [0.5, 0.6) is 5.75 Å². The fourth-order valence-corrected chi connectivity index (χ4v) is 6.48. The van der Waals surface area contributed by atoms with E-state index in [2.05, 4.69) is 38.0 Å². The van der Waals surface area contributed by atoms with Gasteiger partial charge in [0.1, 0.15) is 11.4 Å². The predicted molar refractivity (Wildman–Crippen MR) is 95.9 cm³/mol. The maximum Gasteiger partial charge on any atom is 0.130 e. The lowest BCUT2D eigenvalue weighted by Gasteiger charge is -2.54. The summed E-state index contributed by atoms with van der Waals surface area (Å²) >= 11 is 0. The third-order valence-electron chi connectivity index (χ3n) is 7.61. The second-order valence-electron chi connectivity index (χ2n) is 8.54. The first-order valence-corrected chi connectivity index (χ1v) is 9.30. The first-order chi connectivity index (χ1) is 11.4. The lowest BCUT2D eigenvalue weighted by molar-refractivity contribution is -0.0811. The Hall–Kier alpha value is -1.46. The van der Waals surface area contributed by atoms with E-state index in [9.17, 15) is 5.11 Å². The molecule has 3 aliphatic rings. The Morgan fingerprint density at radius 3 is 2.83 bits per heavy atom. The average molecular weight is 324 g/mol. The minimum absolute atomic E-state index is 0.133. The molecule has 1 aromatic carbocycles. The third kappa shape index (κ3) is 1.94. The molecular weight excluding hydrogens is 296 g/mol. The van der Waals surface area contributed by atoms with Crippen molar-refractivity contribution in [2.45, 2.75) is 57.5 Å². The number of hydrogen-bond donors (Lipinski definition) is 1. The number of ether oxygens (including phenoxy) is 1. The van der Waals surface area contributed by atoms with Crippen LogP contribution in [0.15, 0.2) is 18.2 Å². The molecular formula is C22H28O2. The lowest BCUT2D eigenvalue weighted by Crippen LogP contribution is -2.52. The van der Waals surface area contributed by atoms with Gasteiger partial charge in [0.15, 0.2) is 0 Å². The van der Waals surface area contributed by atoms with E-state index in [0.717, 1.165) is 31.4 Å². The van der Waals surface area contributed by atoms with Gasteiger partial charge in [0.2, 0.25) is 0 Å². The van der Waals surface area contributed by atoms with Crippen LogP contribution in [-0.2, 0) is 6.42 Å². The van der Waals surface area contributed by atoms with E-state index in [4.69, 9.17) is 11.2 Å². The van der Waals surface area contributed by atoms with Crippen molar-refractivity contribution < 1.29 is 9.84 Å². The zero-order chi connectivity index (χ0) is 17.1. The molecule has 6 atom stereocenters. The number of fused-ring (bicyclic) bond motifs is 5. The number of hydrogen-bond acceptors (Lipinski definition) is 2. The Balaban J connectivity index is 1.75. The minimum atomic E-state index is -0.920. The number of benzene rings is 1. The predicted octanol–water partition coefficient (Wildman–Crippen LogP) is 4.16. The molecule has 1 aromatic rings. The highest BCUT2D eigenvalue weighted by atomic mass is 16.5. The number of aryl methyl sites for hydroxylation is 1. The van der Waals surface area contributed by atoms with Crippen molar-refractivity contribution in [3.05, 3.63) is 29.3 Å². The first kappa shape index (κ1) is 16.0. The van der Waals surface area contributed by atoms with Crippen molar-refractivity contribution in [2.75, 3.05) is 7.11 Å². The molecule has 3 aliphatic carbocycles. The van der Waals surface area contributed by atoms with Gasteiger partial charge in [-0.15, -0.1) is 6.42 Å². The molecule has 0 radical (unpaired) electrons. The summed E-state index contributed by atoms with van der Waals surface area (Å²) in [6.07, 6.45) is 10.9. The van der Waals surface area contributed by atoms with Gasteiger partial charge in [0.05, 0.1) is 7.11 Å². The summed E-state index contributed by atoms with van der Waals surface area (Å²) in [6.45, 7) is 4.61. The minimum Gasteiger partial charge on any atom is -0.497 e. The van der Waals surface area contributed by atoms with Gasteiger partial charge in [0, 0.05) is 5.41 Å². The van der Waals surface area contributed by atoms with Crippen LogP contribution < -0.4 is 4.74 Å². The van der Waals surface area contributed by atoms with Crippen LogP contribution in [0.1, 0.15) is 56.6 Å². The molecule has 2 saturated carbocycles. The summed E-state index contributed by atoms with van der Waals surface area (Å²) in [5.74, 6) is 6.05. The summed E-state index contributed by atoms with van der Waals surface area (Å²) in [4.78, 5) is 0. The molecule has 4 rings (SSSR count). The molecule has 1 N–H and O–H groups in total. The van der Waals surface area contributed by atoms with Gasteiger partial charge in [0.25, 0.3) is 0 Å². The van der Waals surface area contributed by atoms with E-state index in [-0.39, 0.29) is 5.41 Å². The molecule has 6 unspecified atom stereocenters. The molecule has 2 fully saturated rings. The molecule has 0 spiro atoms. The number of rotatable bonds is 1. The second-order valence-corrected chi connectivity index (χ2v) is 8.54. The monoisotopic (exact) mass is 324 g/mol. The van der Waals surface area contributed by atoms with E-state index >= 15 is 0 Å². The van der Waals surface area contributed by atoms with Crippen LogP contribution >= 0.6 is 0 Å². The molecule has 24 heavy (non-hydrogen) atoms. The molecule has 2 heteroatoms. The fraction of sp³-hybridized carbons (Fsp3) is 0.636. The standard InChI is InChI=1S/C22H28O2/c1-5-22(23)11-10-19-18-8-6-15-12-16(24-4)7-9-17(15)20(18)14(2)13-21(19,22)3/h1,7,9,12,14,18-20,23H,6,8,10-11,13H2,2-4H3. The summed E-state index contributed by atoms with van der Waals surface area (Å²) in [7, 11) is 1.74. The Kier molecular flexibility index (Phi) is 3.52. The van der Waals surface area contributed by atoms with E-state index < -0.39 is 5.60 Å². The SMILES string of the molecule is C#CC1(O)CCC2C3CCc4cc(OC)ccc4C3C(C)CC21C. The summed E-state index contributed by atoms with van der Waals surface area (Å²) in [5, 5.41) is 11.1. The Bertz CT molecular complexity index is 702. The lowest BCUT2D eigenvalue weighted by atomic mass is 9.50. The second kappa shape index (κ2) is 5.27. The van der Waals surface area contributed by atoms with Crippen LogP contribution in [0.25, 0.3) is 0 Å². The van der Waals surface area contributed by atoms with Crippen LogP contribution in [0.3, 0.4) is 0 Å². The van der Waals surface area contributed by atoms with Gasteiger partial charge in [-0.3, -0.25) is 0 Å². The Morgan fingerprint density at radius 1 is 1.33 bits per heavy atom. The highest BCUT2D eigenvalue weighted by Crippen LogP contribution is 2.65. The summed E-state index contributed by atoms with van der Waals surface area (Å²) < 4.78 is 5.42. The fourth-order valence-electron chi connectivity index (χ4n) is 6.48. The van der Waals surface area contributed by atoms with Gasteiger partial charge >= 0.3 is 0 Å². The first-order valence-electron chi connectivity index (χ1n) is 9.30. The van der Waals surface area contributed by atoms with Crippen LogP contribution in [0.2, 0.25) is 0 Å². The van der Waals surface area contributed by atoms with E-state index in [0.29, 0.717) is 23.7 Å². The van der Waals surface area contributed by atoms with Crippen molar-refractivity contribution in [1.82, 2.24) is 0 Å². The summed E-state index contributed by atoms with van der Waals surface area (Å²) in [6, 6.07) is 6.61. The van der Waals surface area contributed by atoms with Crippen LogP contribution in [0, 0.1) is 35.5 Å². The quantitative estimate of drug-likeness (QED) is 0.786. The largest absolute Gasteiger partial charge is 0.497 e. The zero-order valence-corrected chi connectivity index (χ0v) is 15.0. The van der Waals surface area contributed by atoms with Gasteiger partial charge in [-0.05, 0) is 79.0 Å². The van der Waals surface area contributed by atoms with E-state index in [1.54, 1.807) is 7.11 Å². The zero-order valence-electron chi connectivity index (χ0n) is 15.0. The maximum absolute atomic E-state index is 11.1. The highest BCUT2D eigenvalue weighted by molar-refractivity contribution is 5.41. The van der Waals surface area contributed by atoms with Crippen molar-refractivity contribution in [1.29, 1.82) is 0 Å². The van der Waals surface area contributed by atoms with Gasteiger partial charge in [-0.1, -0.05) is 25.8 Å². The Labute approximate surface area is 145 Å². The molecule has 0 heterocycles. The maximum atomic E-state index is 11.1. The number of aliphatic hydroxyl groups is 1.